The lowest BCUT2D eigenvalue weighted by atomic mass is 10.1. The van der Waals surface area contributed by atoms with Crippen molar-refractivity contribution in [2.45, 2.75) is 30.6 Å². The van der Waals surface area contributed by atoms with E-state index in [1.165, 1.54) is 0 Å². The zero-order valence-corrected chi connectivity index (χ0v) is 18.3. The van der Waals surface area contributed by atoms with Crippen LogP contribution in [0.15, 0.2) is 47.4 Å². The van der Waals surface area contributed by atoms with E-state index in [9.17, 15) is 14.4 Å². The van der Waals surface area contributed by atoms with Crippen LogP contribution in [0.5, 0.6) is 0 Å². The van der Waals surface area contributed by atoms with Gasteiger partial charge in [0.15, 0.2) is 0 Å². The molecule has 1 aliphatic carbocycles. The van der Waals surface area contributed by atoms with E-state index in [4.69, 9.17) is 0 Å². The Morgan fingerprint density at radius 1 is 1.10 bits per heavy atom. The number of fused-ring (bicyclic) bond motifs is 1. The van der Waals surface area contributed by atoms with E-state index in [1.54, 1.807) is 16.7 Å². The Morgan fingerprint density at radius 3 is 2.68 bits per heavy atom. The average molecular weight is 436 g/mol. The summed E-state index contributed by atoms with van der Waals surface area (Å²) in [6.45, 7) is 1.08. The van der Waals surface area contributed by atoms with E-state index < -0.39 is 0 Å². The maximum Gasteiger partial charge on any atom is 0.230 e. The van der Waals surface area contributed by atoms with Crippen LogP contribution in [0.4, 0.5) is 17.1 Å². The molecule has 1 atom stereocenters. The normalized spacial score (nSPS) is 20.2. The fraction of sp³-hybridized carbons (Fsp3) is 0.375. The van der Waals surface area contributed by atoms with Gasteiger partial charge >= 0.3 is 0 Å². The molecule has 2 aromatic rings. The second kappa shape index (κ2) is 8.04. The molecule has 2 aromatic carbocycles. The molecular formula is C24H25N3O3S. The minimum atomic E-state index is -0.386. The van der Waals surface area contributed by atoms with Crippen LogP contribution in [0.3, 0.4) is 0 Å². The largest absolute Gasteiger partial charge is 0.325 e. The predicted molar refractivity (Wildman–Crippen MR) is 123 cm³/mol. The zero-order valence-electron chi connectivity index (χ0n) is 17.5. The minimum absolute atomic E-state index is 0.0397. The molecule has 5 rings (SSSR count). The zero-order chi connectivity index (χ0) is 21.5. The summed E-state index contributed by atoms with van der Waals surface area (Å²) in [6.07, 6.45) is 4.97. The second-order valence-electron chi connectivity index (χ2n) is 8.42. The number of carbonyl (C=O) groups excluding carboxylic acids is 3. The number of hydrogen-bond donors (Lipinski definition) is 1. The smallest absolute Gasteiger partial charge is 0.230 e. The number of nitrogens with zero attached hydrogens (tertiary/aromatic N) is 2. The fourth-order valence-electron chi connectivity index (χ4n) is 4.45. The van der Waals surface area contributed by atoms with Gasteiger partial charge < -0.3 is 15.1 Å². The third kappa shape index (κ3) is 3.82. The molecule has 2 fully saturated rings. The molecular weight excluding hydrogens is 410 g/mol. The van der Waals surface area contributed by atoms with Crippen molar-refractivity contribution < 1.29 is 14.4 Å². The highest BCUT2D eigenvalue weighted by Gasteiger charge is 2.38. The number of nitrogens with one attached hydrogen (secondary N) is 1. The van der Waals surface area contributed by atoms with Crippen LogP contribution in [0, 0.1) is 11.8 Å². The van der Waals surface area contributed by atoms with E-state index in [1.807, 2.05) is 53.6 Å². The number of para-hydroxylation sites is 1. The van der Waals surface area contributed by atoms with Crippen LogP contribution in [0.2, 0.25) is 0 Å². The van der Waals surface area contributed by atoms with Gasteiger partial charge in [-0.3, -0.25) is 14.4 Å². The molecule has 0 spiro atoms. The number of rotatable bonds is 5. The molecule has 1 saturated heterocycles. The summed E-state index contributed by atoms with van der Waals surface area (Å²) in [7, 11) is 0. The summed E-state index contributed by atoms with van der Waals surface area (Å²) < 4.78 is 0. The topological polar surface area (TPSA) is 69.7 Å². The molecule has 2 aliphatic heterocycles. The Kier molecular flexibility index (Phi) is 5.22. The molecule has 1 saturated carbocycles. The fourth-order valence-corrected chi connectivity index (χ4v) is 5.00. The van der Waals surface area contributed by atoms with E-state index >= 15 is 0 Å². The molecule has 31 heavy (non-hydrogen) atoms. The third-order valence-electron chi connectivity index (χ3n) is 6.32. The number of thioether (sulfide) groups is 1. The Hall–Kier alpha value is -2.80. The van der Waals surface area contributed by atoms with Crippen molar-refractivity contribution >= 4 is 46.5 Å². The van der Waals surface area contributed by atoms with Gasteiger partial charge in [0.25, 0.3) is 0 Å². The first kappa shape index (κ1) is 20.1. The molecule has 0 aromatic heterocycles. The van der Waals surface area contributed by atoms with Crippen molar-refractivity contribution in [1.82, 2.24) is 0 Å². The van der Waals surface area contributed by atoms with Gasteiger partial charge in [-0.05, 0) is 61.4 Å². The van der Waals surface area contributed by atoms with E-state index in [-0.39, 0.29) is 36.0 Å². The third-order valence-corrected chi connectivity index (χ3v) is 7.12. The van der Waals surface area contributed by atoms with Gasteiger partial charge in [-0.25, -0.2) is 0 Å². The lowest BCUT2D eigenvalue weighted by Crippen LogP contribution is -2.30. The second-order valence-corrected chi connectivity index (χ2v) is 9.27. The van der Waals surface area contributed by atoms with Crippen molar-refractivity contribution in [1.29, 1.82) is 0 Å². The molecule has 7 heteroatoms. The van der Waals surface area contributed by atoms with Gasteiger partial charge in [0.05, 0.1) is 11.6 Å². The Morgan fingerprint density at radius 2 is 1.90 bits per heavy atom. The lowest BCUT2D eigenvalue weighted by Gasteiger charge is -2.20. The molecule has 3 amide bonds. The first-order valence-corrected chi connectivity index (χ1v) is 12.0. The number of hydrogen-bond acceptors (Lipinski definition) is 4. The Labute approximate surface area is 186 Å². The van der Waals surface area contributed by atoms with Gasteiger partial charge in [0.2, 0.25) is 17.7 Å². The van der Waals surface area contributed by atoms with Gasteiger partial charge in [0, 0.05) is 41.7 Å². The first-order chi connectivity index (χ1) is 15.0. The lowest BCUT2D eigenvalue weighted by molar-refractivity contribution is -0.122. The summed E-state index contributed by atoms with van der Waals surface area (Å²) in [4.78, 5) is 42.6. The maximum absolute atomic E-state index is 12.8. The Bertz CT molecular complexity index is 1070. The number of amides is 3. The summed E-state index contributed by atoms with van der Waals surface area (Å²) >= 11 is 1.58. The molecule has 160 valence electrons. The van der Waals surface area contributed by atoms with Crippen LogP contribution in [-0.4, -0.2) is 37.1 Å². The highest BCUT2D eigenvalue weighted by atomic mass is 32.2. The number of carbonyl (C=O) groups is 3. The maximum atomic E-state index is 12.8. The number of benzene rings is 2. The minimum Gasteiger partial charge on any atom is -0.325 e. The Balaban J connectivity index is 1.29. The van der Waals surface area contributed by atoms with Crippen LogP contribution in [0.25, 0.3) is 0 Å². The summed E-state index contributed by atoms with van der Waals surface area (Å²) in [5.41, 5.74) is 3.66. The molecule has 0 unspecified atom stereocenters. The summed E-state index contributed by atoms with van der Waals surface area (Å²) in [6, 6.07) is 13.5. The van der Waals surface area contributed by atoms with Crippen LogP contribution < -0.4 is 15.1 Å². The first-order valence-electron chi connectivity index (χ1n) is 10.7. The van der Waals surface area contributed by atoms with E-state index in [0.29, 0.717) is 13.1 Å². The highest BCUT2D eigenvalue weighted by molar-refractivity contribution is 7.98. The molecule has 6 nitrogen and oxygen atoms in total. The van der Waals surface area contributed by atoms with Gasteiger partial charge in [0.1, 0.15) is 0 Å². The number of anilines is 3. The average Bonchev–Trinajstić information content (AvgIpc) is 3.43. The SMILES string of the molecule is CSc1ccccc1NC(=O)[C@@H]1CC(=O)N(c2ccc3c(c2)CCN3C(=O)C2CC2)C1. The predicted octanol–water partition coefficient (Wildman–Crippen LogP) is 3.70. The monoisotopic (exact) mass is 435 g/mol. The van der Waals surface area contributed by atoms with Crippen molar-refractivity contribution in [3.8, 4) is 0 Å². The molecule has 0 bridgehead atoms. The van der Waals surface area contributed by atoms with Gasteiger partial charge in [-0.1, -0.05) is 12.1 Å². The van der Waals surface area contributed by atoms with Crippen LogP contribution in [0.1, 0.15) is 24.8 Å². The van der Waals surface area contributed by atoms with Crippen molar-refractivity contribution in [2.24, 2.45) is 11.8 Å². The summed E-state index contributed by atoms with van der Waals surface area (Å²) in [5.74, 6) is -0.127. The molecule has 3 aliphatic rings. The van der Waals surface area contributed by atoms with Gasteiger partial charge in [-0.15, -0.1) is 11.8 Å². The quantitative estimate of drug-likeness (QED) is 0.727. The van der Waals surface area contributed by atoms with Gasteiger partial charge in [-0.2, -0.15) is 0 Å². The van der Waals surface area contributed by atoms with Crippen molar-refractivity contribution in [3.05, 3.63) is 48.0 Å². The summed E-state index contributed by atoms with van der Waals surface area (Å²) in [5, 5.41) is 2.99. The van der Waals surface area contributed by atoms with Crippen molar-refractivity contribution in [2.75, 3.05) is 34.5 Å². The molecule has 0 radical (unpaired) electrons. The standard InChI is InChI=1S/C24H25N3O3S/c1-31-21-5-3-2-4-19(21)25-23(29)17-13-22(28)27(14-17)18-8-9-20-16(12-18)10-11-26(20)24(30)15-6-7-15/h2-5,8-9,12,15,17H,6-7,10-11,13-14H2,1H3,(H,25,29)/t17-/m1/s1. The highest BCUT2D eigenvalue weighted by Crippen LogP contribution is 2.38. The van der Waals surface area contributed by atoms with Crippen LogP contribution in [-0.2, 0) is 20.8 Å². The van der Waals surface area contributed by atoms with Crippen molar-refractivity contribution in [3.63, 3.8) is 0 Å². The van der Waals surface area contributed by atoms with Crippen LogP contribution >= 0.6 is 11.8 Å². The molecule has 1 N–H and O–H groups in total. The van der Waals surface area contributed by atoms with E-state index in [0.717, 1.165) is 46.8 Å². The molecule has 2 heterocycles. The van der Waals surface area contributed by atoms with E-state index in [2.05, 4.69) is 5.32 Å².